The molecular weight excluding hydrogens is 310 g/mol. The van der Waals surface area contributed by atoms with Crippen molar-refractivity contribution in [3.8, 4) is 10.4 Å². The second kappa shape index (κ2) is 6.96. The Morgan fingerprint density at radius 2 is 2.09 bits per heavy atom. The minimum absolute atomic E-state index is 0.240. The van der Waals surface area contributed by atoms with Crippen molar-refractivity contribution in [2.75, 3.05) is 6.61 Å². The second-order valence-corrected chi connectivity index (χ2v) is 6.74. The first-order chi connectivity index (χ1) is 11.2. The molecule has 0 fully saturated rings. The van der Waals surface area contributed by atoms with Gasteiger partial charge in [-0.3, -0.25) is 9.69 Å². The second-order valence-electron chi connectivity index (χ2n) is 5.63. The van der Waals surface area contributed by atoms with E-state index in [2.05, 4.69) is 19.1 Å². The molecular formula is C18H19NO3S. The van der Waals surface area contributed by atoms with Crippen LogP contribution in [0.1, 0.15) is 40.6 Å². The number of hydrogen-bond acceptors (Lipinski definition) is 4. The lowest BCUT2D eigenvalue weighted by Gasteiger charge is -2.14. The molecule has 1 amide bonds. The van der Waals surface area contributed by atoms with Crippen molar-refractivity contribution in [3.05, 3.63) is 46.3 Å². The largest absolute Gasteiger partial charge is 0.449 e. The Bertz CT molecular complexity index is 723. The number of thiophene rings is 1. The zero-order chi connectivity index (χ0) is 16.2. The number of nitrogens with zero attached hydrogens (tertiary/aromatic N) is 1. The molecule has 0 atom stereocenters. The average Bonchev–Trinajstić information content (AvgIpc) is 3.20. The average molecular weight is 329 g/mol. The fraction of sp³-hybridized carbons (Fsp3) is 0.333. The normalized spacial score (nSPS) is 13.0. The quantitative estimate of drug-likeness (QED) is 0.600. The van der Waals surface area contributed by atoms with Crippen molar-refractivity contribution >= 4 is 23.7 Å². The molecule has 1 aliphatic heterocycles. The number of unbranched alkanes of at least 4 members (excludes halogenated alkanes) is 1. The lowest BCUT2D eigenvalue weighted by Crippen LogP contribution is -2.26. The Balaban J connectivity index is 1.71. The van der Waals surface area contributed by atoms with Crippen LogP contribution in [0.25, 0.3) is 10.4 Å². The van der Waals surface area contributed by atoms with Crippen LogP contribution in [0.2, 0.25) is 0 Å². The summed E-state index contributed by atoms with van der Waals surface area (Å²) in [5.74, 6) is 0. The third kappa shape index (κ3) is 3.45. The predicted molar refractivity (Wildman–Crippen MR) is 90.6 cm³/mol. The topological polar surface area (TPSA) is 46.6 Å². The molecule has 1 aliphatic rings. The number of amides is 1. The highest BCUT2D eigenvalue weighted by molar-refractivity contribution is 7.17. The first-order valence-corrected chi connectivity index (χ1v) is 8.62. The summed E-state index contributed by atoms with van der Waals surface area (Å²) in [6.07, 6.45) is 2.54. The van der Waals surface area contributed by atoms with Gasteiger partial charge in [-0.15, -0.1) is 11.3 Å². The van der Waals surface area contributed by atoms with E-state index in [1.165, 1.54) is 11.3 Å². The smallest absolute Gasteiger partial charge is 0.410 e. The number of carbonyl (C=O) groups is 2. The van der Waals surface area contributed by atoms with E-state index in [9.17, 15) is 9.59 Å². The highest BCUT2D eigenvalue weighted by Gasteiger charge is 2.24. The maximum atomic E-state index is 12.1. The fourth-order valence-electron chi connectivity index (χ4n) is 2.64. The fourth-order valence-corrected chi connectivity index (χ4v) is 3.46. The van der Waals surface area contributed by atoms with Crippen LogP contribution in [0.4, 0.5) is 4.79 Å². The molecule has 2 aromatic rings. The van der Waals surface area contributed by atoms with Gasteiger partial charge in [0, 0.05) is 18.0 Å². The van der Waals surface area contributed by atoms with Crippen LogP contribution in [0.5, 0.6) is 0 Å². The van der Waals surface area contributed by atoms with Gasteiger partial charge < -0.3 is 4.74 Å². The van der Waals surface area contributed by atoms with Gasteiger partial charge in [-0.1, -0.05) is 25.5 Å². The molecule has 0 bridgehead atoms. The molecule has 1 aromatic heterocycles. The van der Waals surface area contributed by atoms with Gasteiger partial charge in [-0.2, -0.15) is 0 Å². The van der Waals surface area contributed by atoms with Crippen LogP contribution >= 0.6 is 11.3 Å². The summed E-state index contributed by atoms with van der Waals surface area (Å²) in [5.41, 5.74) is 3.40. The zero-order valence-corrected chi connectivity index (χ0v) is 13.9. The lowest BCUT2D eigenvalue weighted by molar-refractivity contribution is 0.100. The van der Waals surface area contributed by atoms with E-state index in [-0.39, 0.29) is 6.09 Å². The van der Waals surface area contributed by atoms with E-state index in [1.54, 1.807) is 4.90 Å². The van der Waals surface area contributed by atoms with Gasteiger partial charge in [0.1, 0.15) is 0 Å². The summed E-state index contributed by atoms with van der Waals surface area (Å²) in [4.78, 5) is 26.4. The van der Waals surface area contributed by atoms with E-state index in [4.69, 9.17) is 4.74 Å². The number of hydrogen-bond donors (Lipinski definition) is 0. The Labute approximate surface area is 139 Å². The van der Waals surface area contributed by atoms with Crippen molar-refractivity contribution in [2.24, 2.45) is 0 Å². The van der Waals surface area contributed by atoms with Crippen molar-refractivity contribution in [3.63, 3.8) is 0 Å². The SMILES string of the molecule is CCCCOC(=O)N1Cc2ccc(-c3ccc(C=O)s3)cc2C1. The molecule has 0 radical (unpaired) electrons. The van der Waals surface area contributed by atoms with Crippen LogP contribution in [-0.4, -0.2) is 23.9 Å². The summed E-state index contributed by atoms with van der Waals surface area (Å²) in [7, 11) is 0. The molecule has 3 rings (SSSR count). The molecule has 4 nitrogen and oxygen atoms in total. The highest BCUT2D eigenvalue weighted by atomic mass is 32.1. The van der Waals surface area contributed by atoms with Crippen molar-refractivity contribution in [1.29, 1.82) is 0 Å². The van der Waals surface area contributed by atoms with Crippen LogP contribution in [0.3, 0.4) is 0 Å². The number of aldehydes is 1. The number of benzene rings is 1. The molecule has 5 heteroatoms. The summed E-state index contributed by atoms with van der Waals surface area (Å²) in [6, 6.07) is 10.0. The van der Waals surface area contributed by atoms with Gasteiger partial charge in [0.2, 0.25) is 0 Å². The summed E-state index contributed by atoms with van der Waals surface area (Å²) >= 11 is 1.48. The lowest BCUT2D eigenvalue weighted by atomic mass is 10.1. The van der Waals surface area contributed by atoms with Gasteiger partial charge in [-0.25, -0.2) is 4.79 Å². The van der Waals surface area contributed by atoms with Crippen molar-refractivity contribution in [2.45, 2.75) is 32.9 Å². The first-order valence-electron chi connectivity index (χ1n) is 7.80. The maximum Gasteiger partial charge on any atom is 0.410 e. The summed E-state index contributed by atoms with van der Waals surface area (Å²) in [5, 5.41) is 0. The summed E-state index contributed by atoms with van der Waals surface area (Å²) in [6.45, 7) is 3.74. The minimum atomic E-state index is -0.240. The van der Waals surface area contributed by atoms with Gasteiger partial charge >= 0.3 is 6.09 Å². The van der Waals surface area contributed by atoms with Gasteiger partial charge in [-0.05, 0) is 41.3 Å². The highest BCUT2D eigenvalue weighted by Crippen LogP contribution is 2.32. The Morgan fingerprint density at radius 3 is 2.83 bits per heavy atom. The molecule has 1 aromatic carbocycles. The van der Waals surface area contributed by atoms with E-state index in [1.807, 2.05) is 18.2 Å². The van der Waals surface area contributed by atoms with E-state index in [0.717, 1.165) is 45.6 Å². The number of ether oxygens (including phenoxy) is 1. The van der Waals surface area contributed by atoms with E-state index < -0.39 is 0 Å². The van der Waals surface area contributed by atoms with Crippen LogP contribution in [0.15, 0.2) is 30.3 Å². The van der Waals surface area contributed by atoms with Crippen molar-refractivity contribution in [1.82, 2.24) is 4.90 Å². The summed E-state index contributed by atoms with van der Waals surface area (Å²) < 4.78 is 5.28. The molecule has 0 unspecified atom stereocenters. The van der Waals surface area contributed by atoms with Gasteiger partial charge in [0.15, 0.2) is 6.29 Å². The van der Waals surface area contributed by atoms with Gasteiger partial charge in [0.25, 0.3) is 0 Å². The van der Waals surface area contributed by atoms with Gasteiger partial charge in [0.05, 0.1) is 11.5 Å². The molecule has 0 saturated carbocycles. The van der Waals surface area contributed by atoms with E-state index >= 15 is 0 Å². The third-order valence-corrected chi connectivity index (χ3v) is 5.00. The Morgan fingerprint density at radius 1 is 1.26 bits per heavy atom. The predicted octanol–water partition coefficient (Wildman–Crippen LogP) is 4.48. The minimum Gasteiger partial charge on any atom is -0.449 e. The molecule has 0 saturated heterocycles. The van der Waals surface area contributed by atoms with Crippen LogP contribution in [-0.2, 0) is 17.8 Å². The van der Waals surface area contributed by atoms with Crippen LogP contribution in [0, 0.1) is 0 Å². The molecule has 120 valence electrons. The number of carbonyl (C=O) groups excluding carboxylic acids is 2. The molecule has 2 heterocycles. The molecule has 0 N–H and O–H groups in total. The monoisotopic (exact) mass is 329 g/mol. The molecule has 0 spiro atoms. The van der Waals surface area contributed by atoms with E-state index in [0.29, 0.717) is 19.7 Å². The third-order valence-electron chi connectivity index (χ3n) is 3.94. The maximum absolute atomic E-state index is 12.1. The Kier molecular flexibility index (Phi) is 4.76. The van der Waals surface area contributed by atoms with Crippen molar-refractivity contribution < 1.29 is 14.3 Å². The van der Waals surface area contributed by atoms with Crippen LogP contribution < -0.4 is 0 Å². The molecule has 0 aliphatic carbocycles. The number of rotatable bonds is 5. The zero-order valence-electron chi connectivity index (χ0n) is 13.1. The first kappa shape index (κ1) is 15.7. The molecule has 23 heavy (non-hydrogen) atoms. The Hall–Kier alpha value is -2.14. The standard InChI is InChI=1S/C18H19NO3S/c1-2-3-8-22-18(21)19-10-14-5-4-13(9-15(14)11-19)17-7-6-16(12-20)23-17/h4-7,9,12H,2-3,8,10-11H2,1H3. The number of fused-ring (bicyclic) bond motifs is 1.